The normalized spacial score (nSPS) is 14.9. The Morgan fingerprint density at radius 3 is 2.61 bits per heavy atom. The van der Waals surface area contributed by atoms with Crippen molar-refractivity contribution >= 4 is 11.7 Å². The first-order valence-corrected chi connectivity index (χ1v) is 10.4. The van der Waals surface area contributed by atoms with Crippen LogP contribution in [0.5, 0.6) is 11.5 Å². The topological polar surface area (TPSA) is 81.5 Å². The number of methoxy groups -OCH3 is 2. The van der Waals surface area contributed by atoms with Gasteiger partial charge in [-0.1, -0.05) is 6.07 Å². The second kappa shape index (κ2) is 9.61. The maximum atomic E-state index is 12.5. The molecule has 0 spiro atoms. The van der Waals surface area contributed by atoms with Crippen LogP contribution in [-0.2, 0) is 6.54 Å². The number of amides is 1. The van der Waals surface area contributed by atoms with Crippen molar-refractivity contribution in [3.63, 3.8) is 0 Å². The van der Waals surface area contributed by atoms with Gasteiger partial charge in [0.2, 0.25) is 0 Å². The zero-order valence-electron chi connectivity index (χ0n) is 17.8. The van der Waals surface area contributed by atoms with Crippen LogP contribution in [0.15, 0.2) is 55.0 Å². The van der Waals surface area contributed by atoms with E-state index < -0.39 is 0 Å². The van der Waals surface area contributed by atoms with Crippen LogP contribution < -0.4 is 14.8 Å². The summed E-state index contributed by atoms with van der Waals surface area (Å²) in [4.78, 5) is 18.9. The number of pyridine rings is 1. The van der Waals surface area contributed by atoms with Gasteiger partial charge in [0.1, 0.15) is 5.82 Å². The third-order valence-corrected chi connectivity index (χ3v) is 5.59. The van der Waals surface area contributed by atoms with E-state index in [2.05, 4.69) is 26.4 Å². The van der Waals surface area contributed by atoms with Gasteiger partial charge >= 0.3 is 0 Å². The zero-order valence-corrected chi connectivity index (χ0v) is 17.8. The molecule has 1 aliphatic heterocycles. The van der Waals surface area contributed by atoms with Gasteiger partial charge in [0.15, 0.2) is 11.5 Å². The summed E-state index contributed by atoms with van der Waals surface area (Å²) in [5, 5.41) is 7.44. The van der Waals surface area contributed by atoms with E-state index in [4.69, 9.17) is 9.47 Å². The van der Waals surface area contributed by atoms with E-state index >= 15 is 0 Å². The summed E-state index contributed by atoms with van der Waals surface area (Å²) < 4.78 is 12.7. The highest BCUT2D eigenvalue weighted by Gasteiger charge is 2.23. The summed E-state index contributed by atoms with van der Waals surface area (Å²) in [5.74, 6) is 2.03. The lowest BCUT2D eigenvalue weighted by molar-refractivity contribution is 0.102. The molecule has 0 saturated carbocycles. The first-order valence-electron chi connectivity index (χ1n) is 10.4. The van der Waals surface area contributed by atoms with Crippen molar-refractivity contribution in [2.24, 2.45) is 0 Å². The number of benzene rings is 1. The first kappa shape index (κ1) is 20.9. The lowest BCUT2D eigenvalue weighted by atomic mass is 10.0. The smallest absolute Gasteiger partial charge is 0.258 e. The molecule has 1 N–H and O–H groups in total. The fourth-order valence-corrected chi connectivity index (χ4v) is 3.95. The summed E-state index contributed by atoms with van der Waals surface area (Å²) in [6.07, 6.45) is 6.86. The minimum Gasteiger partial charge on any atom is -0.493 e. The van der Waals surface area contributed by atoms with Crippen LogP contribution in [0, 0.1) is 0 Å². The number of hydrogen-bond donors (Lipinski definition) is 1. The Balaban J connectivity index is 1.35. The van der Waals surface area contributed by atoms with Crippen molar-refractivity contribution < 1.29 is 14.3 Å². The number of piperidine rings is 1. The van der Waals surface area contributed by atoms with Crippen LogP contribution in [0.3, 0.4) is 0 Å². The molecule has 2 aromatic heterocycles. The van der Waals surface area contributed by atoms with E-state index in [0.29, 0.717) is 11.4 Å². The van der Waals surface area contributed by atoms with E-state index in [-0.39, 0.29) is 11.9 Å². The average molecular weight is 422 g/mol. The van der Waals surface area contributed by atoms with Crippen LogP contribution in [0.25, 0.3) is 0 Å². The minimum absolute atomic E-state index is 0.180. The van der Waals surface area contributed by atoms with Gasteiger partial charge in [-0.15, -0.1) is 0 Å². The monoisotopic (exact) mass is 421 g/mol. The van der Waals surface area contributed by atoms with Crippen molar-refractivity contribution in [2.75, 3.05) is 32.6 Å². The summed E-state index contributed by atoms with van der Waals surface area (Å²) in [6, 6.07) is 11.6. The maximum Gasteiger partial charge on any atom is 0.258 e. The predicted octanol–water partition coefficient (Wildman–Crippen LogP) is 3.38. The van der Waals surface area contributed by atoms with E-state index in [1.807, 2.05) is 22.9 Å². The van der Waals surface area contributed by atoms with Crippen LogP contribution in [0.2, 0.25) is 0 Å². The molecular formula is C23H27N5O3. The summed E-state index contributed by atoms with van der Waals surface area (Å²) >= 11 is 0. The van der Waals surface area contributed by atoms with Gasteiger partial charge < -0.3 is 14.8 Å². The van der Waals surface area contributed by atoms with Crippen molar-refractivity contribution in [2.45, 2.75) is 25.4 Å². The number of ether oxygens (including phenoxy) is 2. The number of aromatic nitrogens is 3. The van der Waals surface area contributed by atoms with Crippen LogP contribution in [-0.4, -0.2) is 52.9 Å². The molecule has 4 rings (SSSR count). The molecule has 0 aliphatic carbocycles. The molecule has 8 heteroatoms. The van der Waals surface area contributed by atoms with Gasteiger partial charge in [0.25, 0.3) is 5.91 Å². The Kier molecular flexibility index (Phi) is 6.47. The van der Waals surface area contributed by atoms with Gasteiger partial charge in [-0.05, 0) is 42.7 Å². The lowest BCUT2D eigenvalue weighted by Gasteiger charge is -2.32. The number of carbonyl (C=O) groups excluding carboxylic acids is 1. The third-order valence-electron chi connectivity index (χ3n) is 5.59. The number of hydrogen-bond acceptors (Lipinski definition) is 6. The Bertz CT molecular complexity index is 1010. The fourth-order valence-electron chi connectivity index (χ4n) is 3.95. The van der Waals surface area contributed by atoms with Crippen LogP contribution >= 0.6 is 0 Å². The highest BCUT2D eigenvalue weighted by atomic mass is 16.5. The van der Waals surface area contributed by atoms with Gasteiger partial charge in [-0.3, -0.25) is 14.7 Å². The molecule has 1 aromatic carbocycles. The quantitative estimate of drug-likeness (QED) is 0.630. The molecule has 0 unspecified atom stereocenters. The number of rotatable bonds is 7. The molecule has 0 bridgehead atoms. The number of anilines is 1. The van der Waals surface area contributed by atoms with E-state index in [9.17, 15) is 4.79 Å². The number of likely N-dealkylation sites (tertiary alicyclic amines) is 1. The van der Waals surface area contributed by atoms with Gasteiger partial charge in [0, 0.05) is 38.1 Å². The zero-order chi connectivity index (χ0) is 21.6. The molecule has 3 aromatic rings. The van der Waals surface area contributed by atoms with E-state index in [1.54, 1.807) is 44.9 Å². The molecule has 1 amide bonds. The molecule has 0 atom stereocenters. The number of nitrogens with zero attached hydrogens (tertiary/aromatic N) is 4. The molecule has 1 saturated heterocycles. The predicted molar refractivity (Wildman–Crippen MR) is 118 cm³/mol. The SMILES string of the molecule is COc1ccc(CN2CCC(n3nccc3NC(=O)c3cccnc3)CC2)cc1OC. The Labute approximate surface area is 181 Å². The van der Waals surface area contributed by atoms with Gasteiger partial charge in [0.05, 0.1) is 32.0 Å². The summed E-state index contributed by atoms with van der Waals surface area (Å²) in [6.45, 7) is 2.76. The van der Waals surface area contributed by atoms with Gasteiger partial charge in [-0.2, -0.15) is 5.10 Å². The standard InChI is InChI=1S/C23H27N5O3/c1-30-20-6-5-17(14-21(20)31-2)16-27-12-8-19(9-13-27)28-22(7-11-25-28)26-23(29)18-4-3-10-24-15-18/h3-7,10-11,14-15,19H,8-9,12-13,16H2,1-2H3,(H,26,29). The molecule has 1 aliphatic rings. The summed E-state index contributed by atoms with van der Waals surface area (Å²) in [5.41, 5.74) is 1.72. The molecular weight excluding hydrogens is 394 g/mol. The van der Waals surface area contributed by atoms with Crippen LogP contribution in [0.1, 0.15) is 34.8 Å². The van der Waals surface area contributed by atoms with Crippen molar-refractivity contribution in [3.8, 4) is 11.5 Å². The summed E-state index contributed by atoms with van der Waals surface area (Å²) in [7, 11) is 3.30. The first-order chi connectivity index (χ1) is 15.2. The lowest BCUT2D eigenvalue weighted by Crippen LogP contribution is -2.35. The van der Waals surface area contributed by atoms with E-state index in [0.717, 1.165) is 44.0 Å². The van der Waals surface area contributed by atoms with Crippen molar-refractivity contribution in [3.05, 3.63) is 66.1 Å². The second-order valence-electron chi connectivity index (χ2n) is 7.55. The molecule has 3 heterocycles. The second-order valence-corrected chi connectivity index (χ2v) is 7.55. The third kappa shape index (κ3) is 4.86. The Hall–Kier alpha value is -3.39. The van der Waals surface area contributed by atoms with Crippen molar-refractivity contribution in [1.82, 2.24) is 19.7 Å². The number of carbonyl (C=O) groups is 1. The molecule has 162 valence electrons. The molecule has 8 nitrogen and oxygen atoms in total. The van der Waals surface area contributed by atoms with E-state index in [1.165, 1.54) is 5.56 Å². The largest absolute Gasteiger partial charge is 0.493 e. The fraction of sp³-hybridized carbons (Fsp3) is 0.348. The van der Waals surface area contributed by atoms with Crippen molar-refractivity contribution in [1.29, 1.82) is 0 Å². The average Bonchev–Trinajstić information content (AvgIpc) is 3.28. The van der Waals surface area contributed by atoms with Crippen LogP contribution in [0.4, 0.5) is 5.82 Å². The minimum atomic E-state index is -0.180. The molecule has 0 radical (unpaired) electrons. The Morgan fingerprint density at radius 2 is 1.90 bits per heavy atom. The highest BCUT2D eigenvalue weighted by Crippen LogP contribution is 2.30. The maximum absolute atomic E-state index is 12.5. The molecule has 1 fully saturated rings. The molecule has 31 heavy (non-hydrogen) atoms. The Morgan fingerprint density at radius 1 is 1.10 bits per heavy atom. The van der Waals surface area contributed by atoms with Gasteiger partial charge in [-0.25, -0.2) is 4.68 Å². The number of nitrogens with one attached hydrogen (secondary N) is 1. The highest BCUT2D eigenvalue weighted by molar-refractivity contribution is 6.03.